The van der Waals surface area contributed by atoms with Crippen molar-refractivity contribution in [2.45, 2.75) is 31.9 Å². The molecule has 1 unspecified atom stereocenters. The number of hydrogen-bond donors (Lipinski definition) is 1. The second-order valence-electron chi connectivity index (χ2n) is 5.36. The van der Waals surface area contributed by atoms with Crippen LogP contribution in [0.15, 0.2) is 24.3 Å². The molecule has 0 spiro atoms. The van der Waals surface area contributed by atoms with Crippen LogP contribution in [0.3, 0.4) is 0 Å². The molecule has 0 amide bonds. The number of benzene rings is 1. The summed E-state index contributed by atoms with van der Waals surface area (Å²) in [6.45, 7) is 3.48. The number of hydrogen-bond acceptors (Lipinski definition) is 2. The zero-order chi connectivity index (χ0) is 14.8. The van der Waals surface area contributed by atoms with E-state index in [1.165, 1.54) is 12.1 Å². The summed E-state index contributed by atoms with van der Waals surface area (Å²) in [6, 6.07) is 7.58. The number of halogens is 4. The van der Waals surface area contributed by atoms with Crippen LogP contribution in [0.4, 0.5) is 13.2 Å². The van der Waals surface area contributed by atoms with Gasteiger partial charge in [0.2, 0.25) is 0 Å². The van der Waals surface area contributed by atoms with E-state index in [1.807, 2.05) is 6.92 Å². The molecule has 1 aliphatic rings. The predicted molar refractivity (Wildman–Crippen MR) is 77.3 cm³/mol. The second-order valence-corrected chi connectivity index (χ2v) is 5.36. The van der Waals surface area contributed by atoms with Crippen LogP contribution in [0, 0.1) is 16.7 Å². The minimum absolute atomic E-state index is 0. The van der Waals surface area contributed by atoms with Crippen molar-refractivity contribution in [2.24, 2.45) is 5.41 Å². The van der Waals surface area contributed by atoms with Gasteiger partial charge in [-0.15, -0.1) is 12.4 Å². The molecule has 0 bridgehead atoms. The Bertz CT molecular complexity index is 499. The van der Waals surface area contributed by atoms with Crippen LogP contribution in [0.5, 0.6) is 0 Å². The van der Waals surface area contributed by atoms with Crippen molar-refractivity contribution in [1.82, 2.24) is 5.32 Å². The molecule has 6 heteroatoms. The average Bonchev–Trinajstić information content (AvgIpc) is 2.46. The minimum Gasteiger partial charge on any atom is -0.317 e. The molecule has 1 heterocycles. The summed E-state index contributed by atoms with van der Waals surface area (Å²) >= 11 is 0. The molecule has 2 nitrogen and oxygen atoms in total. The van der Waals surface area contributed by atoms with E-state index in [0.29, 0.717) is 0 Å². The summed E-state index contributed by atoms with van der Waals surface area (Å²) in [7, 11) is 0. The van der Waals surface area contributed by atoms with Crippen LogP contribution in [-0.2, 0) is 6.18 Å². The standard InChI is InChI=1S/C15H17F3N2.ClH/c1-11(14(10-19)6-8-20-9-7-14)12-2-4-13(5-3-12)15(16,17)18;/h2-5,11,20H,6-9H2,1H3;1H. The van der Waals surface area contributed by atoms with Crippen molar-refractivity contribution in [3.8, 4) is 6.07 Å². The van der Waals surface area contributed by atoms with Crippen LogP contribution in [0.2, 0.25) is 0 Å². The molecule has 1 aromatic rings. The highest BCUT2D eigenvalue weighted by Crippen LogP contribution is 2.42. The molecule has 116 valence electrons. The van der Waals surface area contributed by atoms with Gasteiger partial charge >= 0.3 is 6.18 Å². The first-order valence-corrected chi connectivity index (χ1v) is 6.68. The fourth-order valence-corrected chi connectivity index (χ4v) is 2.79. The number of piperidine rings is 1. The van der Waals surface area contributed by atoms with Gasteiger partial charge in [0.25, 0.3) is 0 Å². The molecule has 1 fully saturated rings. The maximum Gasteiger partial charge on any atom is 0.416 e. The van der Waals surface area contributed by atoms with Crippen LogP contribution < -0.4 is 5.32 Å². The van der Waals surface area contributed by atoms with E-state index in [4.69, 9.17) is 0 Å². The molecule has 1 saturated heterocycles. The van der Waals surface area contributed by atoms with E-state index in [9.17, 15) is 18.4 Å². The predicted octanol–water partition coefficient (Wildman–Crippen LogP) is 4.12. The molecule has 0 aromatic heterocycles. The third kappa shape index (κ3) is 3.69. The molecule has 21 heavy (non-hydrogen) atoms. The summed E-state index contributed by atoms with van der Waals surface area (Å²) in [5.41, 5.74) is -0.337. The van der Waals surface area contributed by atoms with Crippen molar-refractivity contribution in [3.63, 3.8) is 0 Å². The molecule has 1 aliphatic heterocycles. The van der Waals surface area contributed by atoms with Crippen LogP contribution in [0.25, 0.3) is 0 Å². The van der Waals surface area contributed by atoms with Crippen LogP contribution in [0.1, 0.15) is 36.8 Å². The zero-order valence-electron chi connectivity index (χ0n) is 11.7. The van der Waals surface area contributed by atoms with Gasteiger partial charge in [-0.1, -0.05) is 19.1 Å². The lowest BCUT2D eigenvalue weighted by Crippen LogP contribution is -2.39. The summed E-state index contributed by atoms with van der Waals surface area (Å²) < 4.78 is 37.7. The molecular formula is C15H18ClF3N2. The quantitative estimate of drug-likeness (QED) is 0.890. The van der Waals surface area contributed by atoms with Gasteiger partial charge in [-0.3, -0.25) is 0 Å². The van der Waals surface area contributed by atoms with Crippen molar-refractivity contribution < 1.29 is 13.2 Å². The Morgan fingerprint density at radius 2 is 1.71 bits per heavy atom. The summed E-state index contributed by atoms with van der Waals surface area (Å²) in [4.78, 5) is 0. The Balaban J connectivity index is 0.00000220. The van der Waals surface area contributed by atoms with Gasteiger partial charge in [-0.25, -0.2) is 0 Å². The first kappa shape index (κ1) is 17.8. The maximum atomic E-state index is 12.6. The number of alkyl halides is 3. The molecule has 1 atom stereocenters. The Labute approximate surface area is 128 Å². The maximum absolute atomic E-state index is 12.6. The van der Waals surface area contributed by atoms with Gasteiger partial charge in [-0.05, 0) is 49.5 Å². The number of nitrogens with one attached hydrogen (secondary N) is 1. The van der Waals surface area contributed by atoms with Crippen molar-refractivity contribution in [2.75, 3.05) is 13.1 Å². The Morgan fingerprint density at radius 1 is 1.19 bits per heavy atom. The van der Waals surface area contributed by atoms with Crippen molar-refractivity contribution in [3.05, 3.63) is 35.4 Å². The largest absolute Gasteiger partial charge is 0.416 e. The van der Waals surface area contributed by atoms with E-state index in [2.05, 4.69) is 11.4 Å². The molecular weight excluding hydrogens is 301 g/mol. The number of nitrogens with zero attached hydrogens (tertiary/aromatic N) is 1. The normalized spacial score (nSPS) is 19.2. The lowest BCUT2D eigenvalue weighted by atomic mass is 9.68. The van der Waals surface area contributed by atoms with E-state index in [-0.39, 0.29) is 18.3 Å². The van der Waals surface area contributed by atoms with E-state index in [1.54, 1.807) is 0 Å². The average molecular weight is 319 g/mol. The highest BCUT2D eigenvalue weighted by molar-refractivity contribution is 5.85. The van der Waals surface area contributed by atoms with Gasteiger partial charge in [0, 0.05) is 0 Å². The van der Waals surface area contributed by atoms with E-state index in [0.717, 1.165) is 43.6 Å². The summed E-state index contributed by atoms with van der Waals surface area (Å²) in [5.74, 6) is -0.0723. The topological polar surface area (TPSA) is 35.8 Å². The third-order valence-electron chi connectivity index (χ3n) is 4.29. The van der Waals surface area contributed by atoms with E-state index >= 15 is 0 Å². The van der Waals surface area contributed by atoms with E-state index < -0.39 is 17.2 Å². The fourth-order valence-electron chi connectivity index (χ4n) is 2.79. The summed E-state index contributed by atoms with van der Waals surface area (Å²) in [6.07, 6.45) is -2.86. The molecule has 1 N–H and O–H groups in total. The Hall–Kier alpha value is -1.25. The van der Waals surface area contributed by atoms with Crippen molar-refractivity contribution in [1.29, 1.82) is 5.26 Å². The fraction of sp³-hybridized carbons (Fsp3) is 0.533. The second kappa shape index (κ2) is 6.67. The van der Waals surface area contributed by atoms with Gasteiger partial charge < -0.3 is 5.32 Å². The van der Waals surface area contributed by atoms with Gasteiger partial charge in [0.05, 0.1) is 17.0 Å². The highest BCUT2D eigenvalue weighted by Gasteiger charge is 2.39. The SMILES string of the molecule is CC(c1ccc(C(F)(F)F)cc1)C1(C#N)CCNCC1.Cl. The number of rotatable bonds is 2. The lowest BCUT2D eigenvalue weighted by molar-refractivity contribution is -0.137. The van der Waals surface area contributed by atoms with Gasteiger partial charge in [0.15, 0.2) is 0 Å². The van der Waals surface area contributed by atoms with Crippen molar-refractivity contribution >= 4 is 12.4 Å². The van der Waals surface area contributed by atoms with Crippen LogP contribution in [-0.4, -0.2) is 13.1 Å². The molecule has 0 aliphatic carbocycles. The molecule has 0 saturated carbocycles. The smallest absolute Gasteiger partial charge is 0.317 e. The highest BCUT2D eigenvalue weighted by atomic mass is 35.5. The minimum atomic E-state index is -4.32. The first-order chi connectivity index (χ1) is 9.39. The monoisotopic (exact) mass is 318 g/mol. The first-order valence-electron chi connectivity index (χ1n) is 6.68. The van der Waals surface area contributed by atoms with Gasteiger partial charge in [-0.2, -0.15) is 18.4 Å². The molecule has 0 radical (unpaired) electrons. The lowest BCUT2D eigenvalue weighted by Gasteiger charge is -2.36. The zero-order valence-corrected chi connectivity index (χ0v) is 12.5. The summed E-state index contributed by atoms with van der Waals surface area (Å²) in [5, 5.41) is 12.7. The molecule has 1 aromatic carbocycles. The third-order valence-corrected chi connectivity index (χ3v) is 4.29. The Kier molecular flexibility index (Phi) is 5.66. The number of nitriles is 1. The van der Waals surface area contributed by atoms with Crippen LogP contribution >= 0.6 is 12.4 Å². The Morgan fingerprint density at radius 3 is 2.14 bits per heavy atom. The molecule has 2 rings (SSSR count). The van der Waals surface area contributed by atoms with Gasteiger partial charge in [0.1, 0.15) is 0 Å².